The molecule has 146 valence electrons. The van der Waals surface area contributed by atoms with E-state index in [9.17, 15) is 4.79 Å². The van der Waals surface area contributed by atoms with Crippen molar-refractivity contribution in [3.05, 3.63) is 42.1 Å². The predicted octanol–water partition coefficient (Wildman–Crippen LogP) is 2.43. The largest absolute Gasteiger partial charge is 0.492 e. The summed E-state index contributed by atoms with van der Waals surface area (Å²) in [6.45, 7) is 9.61. The molecule has 1 N–H and O–H groups in total. The van der Waals surface area contributed by atoms with Crippen molar-refractivity contribution in [2.24, 2.45) is 0 Å². The van der Waals surface area contributed by atoms with E-state index in [4.69, 9.17) is 9.26 Å². The third kappa shape index (κ3) is 6.08. The van der Waals surface area contributed by atoms with Crippen molar-refractivity contribution in [3.8, 4) is 5.75 Å². The monoisotopic (exact) mass is 372 g/mol. The zero-order valence-electron chi connectivity index (χ0n) is 16.1. The maximum Gasteiger partial charge on any atom is 0.240 e. The molecule has 1 aliphatic heterocycles. The van der Waals surface area contributed by atoms with Crippen LogP contribution >= 0.6 is 0 Å². The van der Waals surface area contributed by atoms with E-state index >= 15 is 0 Å². The van der Waals surface area contributed by atoms with Gasteiger partial charge in [0.25, 0.3) is 0 Å². The summed E-state index contributed by atoms with van der Waals surface area (Å²) < 4.78 is 10.9. The van der Waals surface area contributed by atoms with E-state index < -0.39 is 0 Å². The van der Waals surface area contributed by atoms with Gasteiger partial charge in [-0.05, 0) is 18.1 Å². The average Bonchev–Trinajstić information content (AvgIpc) is 3.13. The van der Waals surface area contributed by atoms with Crippen molar-refractivity contribution < 1.29 is 14.1 Å². The lowest BCUT2D eigenvalue weighted by molar-refractivity contribution is -0.117. The van der Waals surface area contributed by atoms with Crippen LogP contribution < -0.4 is 10.1 Å². The highest BCUT2D eigenvalue weighted by Crippen LogP contribution is 2.17. The molecule has 27 heavy (non-hydrogen) atoms. The third-order valence-corrected chi connectivity index (χ3v) is 4.63. The molecule has 1 saturated heterocycles. The van der Waals surface area contributed by atoms with Gasteiger partial charge < -0.3 is 9.26 Å². The van der Waals surface area contributed by atoms with E-state index in [1.807, 2.05) is 44.2 Å². The second-order valence-electron chi connectivity index (χ2n) is 7.10. The van der Waals surface area contributed by atoms with Gasteiger partial charge in [-0.1, -0.05) is 37.2 Å². The number of carbonyl (C=O) groups is 1. The molecule has 1 amide bonds. The number of carbonyl (C=O) groups excluding carboxylic acids is 1. The zero-order valence-corrected chi connectivity index (χ0v) is 16.1. The molecule has 0 bridgehead atoms. The van der Waals surface area contributed by atoms with Crippen LogP contribution in [0.15, 0.2) is 40.9 Å². The summed E-state index contributed by atoms with van der Waals surface area (Å²) in [4.78, 5) is 16.7. The van der Waals surface area contributed by atoms with Crippen molar-refractivity contribution in [2.75, 3.05) is 51.2 Å². The van der Waals surface area contributed by atoms with Crippen LogP contribution in [-0.4, -0.2) is 66.7 Å². The molecule has 1 aromatic carbocycles. The van der Waals surface area contributed by atoms with E-state index in [1.54, 1.807) is 6.07 Å². The van der Waals surface area contributed by atoms with Crippen LogP contribution in [0.1, 0.15) is 25.5 Å². The summed E-state index contributed by atoms with van der Waals surface area (Å²) in [7, 11) is 0. The summed E-state index contributed by atoms with van der Waals surface area (Å²) in [5.74, 6) is 1.53. The maximum atomic E-state index is 12.2. The number of nitrogens with one attached hydrogen (secondary N) is 1. The Labute approximate surface area is 160 Å². The van der Waals surface area contributed by atoms with Gasteiger partial charge in [-0.15, -0.1) is 0 Å². The smallest absolute Gasteiger partial charge is 0.240 e. The first-order chi connectivity index (χ1) is 13.1. The molecule has 1 fully saturated rings. The lowest BCUT2D eigenvalue weighted by atomic mass is 10.1. The summed E-state index contributed by atoms with van der Waals surface area (Å²) in [6, 6.07) is 11.6. The van der Waals surface area contributed by atoms with E-state index in [2.05, 4.69) is 20.3 Å². The average molecular weight is 372 g/mol. The lowest BCUT2D eigenvalue weighted by Crippen LogP contribution is -2.49. The second kappa shape index (κ2) is 9.53. The molecular formula is C20H28N4O3. The number of hydrogen-bond acceptors (Lipinski definition) is 6. The van der Waals surface area contributed by atoms with Crippen molar-refractivity contribution >= 4 is 11.8 Å². The molecule has 3 rings (SSSR count). The number of benzene rings is 1. The highest BCUT2D eigenvalue weighted by molar-refractivity contribution is 5.90. The Balaban J connectivity index is 1.33. The molecule has 0 saturated carbocycles. The molecule has 0 unspecified atom stereocenters. The quantitative estimate of drug-likeness (QED) is 0.767. The highest BCUT2D eigenvalue weighted by Gasteiger charge is 2.19. The van der Waals surface area contributed by atoms with Gasteiger partial charge in [0.05, 0.1) is 12.2 Å². The SMILES string of the molecule is CC(C)c1cc(NC(=O)CN2CCN(CCOc3ccccc3)CC2)on1. The Morgan fingerprint density at radius 3 is 2.56 bits per heavy atom. The van der Waals surface area contributed by atoms with Crippen LogP contribution in [0.25, 0.3) is 0 Å². The summed E-state index contributed by atoms with van der Waals surface area (Å²) in [6.07, 6.45) is 0. The zero-order chi connectivity index (χ0) is 19.1. The molecule has 2 heterocycles. The third-order valence-electron chi connectivity index (χ3n) is 4.63. The van der Waals surface area contributed by atoms with E-state index in [-0.39, 0.29) is 11.8 Å². The van der Waals surface area contributed by atoms with Gasteiger partial charge in [-0.3, -0.25) is 19.9 Å². The fourth-order valence-electron chi connectivity index (χ4n) is 2.98. The van der Waals surface area contributed by atoms with Crippen molar-refractivity contribution in [1.29, 1.82) is 0 Å². The minimum Gasteiger partial charge on any atom is -0.492 e. The topological polar surface area (TPSA) is 70.8 Å². The number of piperazine rings is 1. The molecular weight excluding hydrogens is 344 g/mol. The van der Waals surface area contributed by atoms with Crippen LogP contribution in [0.3, 0.4) is 0 Å². The minimum absolute atomic E-state index is 0.0673. The molecule has 0 radical (unpaired) electrons. The number of aromatic nitrogens is 1. The lowest BCUT2D eigenvalue weighted by Gasteiger charge is -2.34. The van der Waals surface area contributed by atoms with Crippen LogP contribution in [0.4, 0.5) is 5.88 Å². The number of amides is 1. The van der Waals surface area contributed by atoms with Gasteiger partial charge in [0.1, 0.15) is 12.4 Å². The van der Waals surface area contributed by atoms with Crippen LogP contribution in [0.2, 0.25) is 0 Å². The van der Waals surface area contributed by atoms with Crippen LogP contribution in [0, 0.1) is 0 Å². The molecule has 2 aromatic rings. The number of rotatable bonds is 8. The van der Waals surface area contributed by atoms with Crippen molar-refractivity contribution in [3.63, 3.8) is 0 Å². The van der Waals surface area contributed by atoms with Crippen molar-refractivity contribution in [2.45, 2.75) is 19.8 Å². The predicted molar refractivity (Wildman–Crippen MR) is 104 cm³/mol. The Bertz CT molecular complexity index is 709. The first-order valence-corrected chi connectivity index (χ1v) is 9.49. The molecule has 1 aliphatic rings. The summed E-state index contributed by atoms with van der Waals surface area (Å²) >= 11 is 0. The Morgan fingerprint density at radius 2 is 1.89 bits per heavy atom. The molecule has 0 spiro atoms. The first-order valence-electron chi connectivity index (χ1n) is 9.49. The fraction of sp³-hybridized carbons (Fsp3) is 0.500. The van der Waals surface area contributed by atoms with Gasteiger partial charge in [-0.2, -0.15) is 0 Å². The Morgan fingerprint density at radius 1 is 1.19 bits per heavy atom. The number of nitrogens with zero attached hydrogens (tertiary/aromatic N) is 3. The second-order valence-corrected chi connectivity index (χ2v) is 7.10. The normalized spacial score (nSPS) is 15.8. The van der Waals surface area contributed by atoms with Crippen LogP contribution in [-0.2, 0) is 4.79 Å². The van der Waals surface area contributed by atoms with E-state index in [0.29, 0.717) is 19.0 Å². The number of anilines is 1. The van der Waals surface area contributed by atoms with E-state index in [1.165, 1.54) is 0 Å². The fourth-order valence-corrected chi connectivity index (χ4v) is 2.98. The van der Waals surface area contributed by atoms with Gasteiger partial charge in [0, 0.05) is 38.8 Å². The maximum absolute atomic E-state index is 12.2. The molecule has 7 nitrogen and oxygen atoms in total. The molecule has 1 aromatic heterocycles. The number of para-hydroxylation sites is 1. The van der Waals surface area contributed by atoms with Gasteiger partial charge in [-0.25, -0.2) is 0 Å². The number of ether oxygens (including phenoxy) is 1. The van der Waals surface area contributed by atoms with Crippen molar-refractivity contribution in [1.82, 2.24) is 15.0 Å². The Kier molecular flexibility index (Phi) is 6.84. The molecule has 0 atom stereocenters. The first kappa shape index (κ1) is 19.4. The Hall–Kier alpha value is -2.38. The summed E-state index contributed by atoms with van der Waals surface area (Å²) in [5.41, 5.74) is 0.844. The molecule has 0 aliphatic carbocycles. The summed E-state index contributed by atoms with van der Waals surface area (Å²) in [5, 5.41) is 6.74. The van der Waals surface area contributed by atoms with Gasteiger partial charge >= 0.3 is 0 Å². The van der Waals surface area contributed by atoms with Crippen LogP contribution in [0.5, 0.6) is 5.75 Å². The van der Waals surface area contributed by atoms with E-state index in [0.717, 1.165) is 44.2 Å². The number of hydrogen-bond donors (Lipinski definition) is 1. The minimum atomic E-state index is -0.0673. The van der Waals surface area contributed by atoms with Gasteiger partial charge in [0.2, 0.25) is 11.8 Å². The molecule has 7 heteroatoms. The highest BCUT2D eigenvalue weighted by atomic mass is 16.5. The van der Waals surface area contributed by atoms with Gasteiger partial charge in [0.15, 0.2) is 0 Å². The standard InChI is InChI=1S/C20H28N4O3/c1-16(2)18-14-20(27-22-18)21-19(25)15-24-10-8-23(9-11-24)12-13-26-17-6-4-3-5-7-17/h3-7,14,16H,8-13,15H2,1-2H3,(H,21,25).